The summed E-state index contributed by atoms with van der Waals surface area (Å²) in [5.41, 5.74) is 0.707. The van der Waals surface area contributed by atoms with Crippen molar-refractivity contribution in [3.05, 3.63) is 47.5 Å². The van der Waals surface area contributed by atoms with E-state index in [4.69, 9.17) is 4.74 Å². The van der Waals surface area contributed by atoms with Gasteiger partial charge in [-0.2, -0.15) is 13.2 Å². The second-order valence-corrected chi connectivity index (χ2v) is 4.70. The third-order valence-corrected chi connectivity index (χ3v) is 3.18. The van der Waals surface area contributed by atoms with E-state index in [0.29, 0.717) is 22.7 Å². The molecule has 2 aromatic carbocycles. The molecule has 0 unspecified atom stereocenters. The predicted molar refractivity (Wildman–Crippen MR) is 71.2 cm³/mol. The van der Waals surface area contributed by atoms with Crippen LogP contribution in [0.5, 0.6) is 11.5 Å². The van der Waals surface area contributed by atoms with E-state index in [1.807, 2.05) is 0 Å². The maximum atomic E-state index is 12.7. The summed E-state index contributed by atoms with van der Waals surface area (Å²) in [6.45, 7) is 1.44. The zero-order valence-electron chi connectivity index (χ0n) is 10.9. The van der Waals surface area contributed by atoms with Gasteiger partial charge in [-0.25, -0.2) is 0 Å². The summed E-state index contributed by atoms with van der Waals surface area (Å²) in [6, 6.07) is 7.97. The van der Waals surface area contributed by atoms with E-state index >= 15 is 0 Å². The lowest BCUT2D eigenvalue weighted by Crippen LogP contribution is -2.08. The number of benzene rings is 2. The zero-order chi connectivity index (χ0) is 15.2. The van der Waals surface area contributed by atoms with Crippen molar-refractivity contribution in [1.29, 1.82) is 0 Å². The summed E-state index contributed by atoms with van der Waals surface area (Å²) in [5, 5.41) is 2.97. The standard InChI is InChI=1S/C15H10F3NO2/c1-8(20)9-2-5-13-12(6-9)19-11-4-3-10(15(16,17)18)7-14(11)21-13/h2-7,19H,1H3. The first kappa shape index (κ1) is 13.5. The Hall–Kier alpha value is -2.50. The number of alkyl halides is 3. The van der Waals surface area contributed by atoms with E-state index in [1.54, 1.807) is 18.2 Å². The van der Waals surface area contributed by atoms with Gasteiger partial charge in [-0.15, -0.1) is 0 Å². The Morgan fingerprint density at radius 3 is 2.48 bits per heavy atom. The molecular formula is C15H10F3NO2. The molecule has 108 valence electrons. The molecule has 0 fully saturated rings. The van der Waals surface area contributed by atoms with Crippen LogP contribution >= 0.6 is 0 Å². The molecule has 1 aliphatic heterocycles. The number of hydrogen-bond donors (Lipinski definition) is 1. The highest BCUT2D eigenvalue weighted by Gasteiger charge is 2.32. The number of carbonyl (C=O) groups excluding carboxylic acids is 1. The molecule has 0 spiro atoms. The minimum atomic E-state index is -4.42. The molecule has 0 saturated carbocycles. The summed E-state index contributed by atoms with van der Waals surface area (Å²) in [7, 11) is 0. The second-order valence-electron chi connectivity index (χ2n) is 4.70. The molecule has 1 aliphatic rings. The van der Waals surface area contributed by atoms with Crippen LogP contribution in [0.3, 0.4) is 0 Å². The average Bonchev–Trinajstić information content (AvgIpc) is 2.42. The summed E-state index contributed by atoms with van der Waals surface area (Å²) in [5.74, 6) is 0.387. The first-order chi connectivity index (χ1) is 9.84. The van der Waals surface area contributed by atoms with Crippen LogP contribution in [0.15, 0.2) is 36.4 Å². The molecule has 1 heterocycles. The van der Waals surface area contributed by atoms with Gasteiger partial charge >= 0.3 is 6.18 Å². The van der Waals surface area contributed by atoms with Gasteiger partial charge in [0.1, 0.15) is 0 Å². The highest BCUT2D eigenvalue weighted by Crippen LogP contribution is 2.44. The Balaban J connectivity index is 2.00. The largest absolute Gasteiger partial charge is 0.453 e. The Kier molecular flexibility index (Phi) is 2.90. The number of halogens is 3. The number of ether oxygens (including phenoxy) is 1. The number of ketones is 1. The van der Waals surface area contributed by atoms with Crippen molar-refractivity contribution in [3.8, 4) is 11.5 Å². The fourth-order valence-electron chi connectivity index (χ4n) is 2.09. The topological polar surface area (TPSA) is 38.3 Å². The van der Waals surface area contributed by atoms with Crippen LogP contribution in [-0.4, -0.2) is 5.78 Å². The number of rotatable bonds is 1. The number of Topliss-reactive ketones (excluding diaryl/α,β-unsaturated/α-hetero) is 1. The molecule has 0 amide bonds. The van der Waals surface area contributed by atoms with E-state index in [-0.39, 0.29) is 11.5 Å². The third kappa shape index (κ3) is 2.44. The highest BCUT2D eigenvalue weighted by atomic mass is 19.4. The number of nitrogens with one attached hydrogen (secondary N) is 1. The fraction of sp³-hybridized carbons (Fsp3) is 0.133. The van der Waals surface area contributed by atoms with Crippen molar-refractivity contribution < 1.29 is 22.7 Å². The van der Waals surface area contributed by atoms with Crippen LogP contribution in [0.1, 0.15) is 22.8 Å². The highest BCUT2D eigenvalue weighted by molar-refractivity contribution is 5.96. The van der Waals surface area contributed by atoms with Crippen molar-refractivity contribution in [1.82, 2.24) is 0 Å². The van der Waals surface area contributed by atoms with Crippen LogP contribution in [0.4, 0.5) is 24.5 Å². The Morgan fingerprint density at radius 2 is 1.81 bits per heavy atom. The van der Waals surface area contributed by atoms with E-state index < -0.39 is 11.7 Å². The van der Waals surface area contributed by atoms with Crippen molar-refractivity contribution in [3.63, 3.8) is 0 Å². The third-order valence-electron chi connectivity index (χ3n) is 3.18. The molecule has 2 aromatic rings. The lowest BCUT2D eigenvalue weighted by atomic mass is 10.1. The molecule has 21 heavy (non-hydrogen) atoms. The minimum Gasteiger partial charge on any atom is -0.453 e. The summed E-state index contributed by atoms with van der Waals surface area (Å²) in [4.78, 5) is 11.3. The van der Waals surface area contributed by atoms with Crippen LogP contribution in [-0.2, 0) is 6.18 Å². The lowest BCUT2D eigenvalue weighted by Gasteiger charge is -2.23. The Labute approximate surface area is 118 Å². The molecule has 6 heteroatoms. The number of fused-ring (bicyclic) bond motifs is 2. The first-order valence-corrected chi connectivity index (χ1v) is 6.16. The van der Waals surface area contributed by atoms with Gasteiger partial charge in [0.25, 0.3) is 0 Å². The van der Waals surface area contributed by atoms with Crippen molar-refractivity contribution in [2.24, 2.45) is 0 Å². The molecular weight excluding hydrogens is 283 g/mol. The van der Waals surface area contributed by atoms with E-state index in [2.05, 4.69) is 5.32 Å². The normalized spacial score (nSPS) is 12.8. The second kappa shape index (κ2) is 4.51. The van der Waals surface area contributed by atoms with Crippen LogP contribution in [0.2, 0.25) is 0 Å². The Bertz CT molecular complexity index is 738. The average molecular weight is 293 g/mol. The van der Waals surface area contributed by atoms with Gasteiger partial charge in [0, 0.05) is 5.56 Å². The molecule has 0 atom stereocenters. The molecule has 3 rings (SSSR count). The number of anilines is 2. The first-order valence-electron chi connectivity index (χ1n) is 6.16. The van der Waals surface area contributed by atoms with Gasteiger partial charge in [0.05, 0.1) is 16.9 Å². The minimum absolute atomic E-state index is 0.0992. The monoisotopic (exact) mass is 293 g/mol. The summed E-state index contributed by atoms with van der Waals surface area (Å²) < 4.78 is 43.5. The maximum absolute atomic E-state index is 12.7. The molecule has 0 bridgehead atoms. The van der Waals surface area contributed by atoms with E-state index in [1.165, 1.54) is 13.0 Å². The molecule has 0 aliphatic carbocycles. The SMILES string of the molecule is CC(=O)c1ccc2c(c1)Nc1ccc(C(F)(F)F)cc1O2. The molecule has 3 nitrogen and oxygen atoms in total. The summed E-state index contributed by atoms with van der Waals surface area (Å²) in [6.07, 6.45) is -4.42. The van der Waals surface area contributed by atoms with Gasteiger partial charge < -0.3 is 10.1 Å². The van der Waals surface area contributed by atoms with Gasteiger partial charge in [0.2, 0.25) is 0 Å². The maximum Gasteiger partial charge on any atom is 0.416 e. The van der Waals surface area contributed by atoms with Crippen LogP contribution in [0, 0.1) is 0 Å². The lowest BCUT2D eigenvalue weighted by molar-refractivity contribution is -0.137. The fourth-order valence-corrected chi connectivity index (χ4v) is 2.09. The molecule has 0 saturated heterocycles. The van der Waals surface area contributed by atoms with Crippen LogP contribution < -0.4 is 10.1 Å². The van der Waals surface area contributed by atoms with Crippen LogP contribution in [0.25, 0.3) is 0 Å². The van der Waals surface area contributed by atoms with Gasteiger partial charge in [-0.3, -0.25) is 4.79 Å². The summed E-state index contributed by atoms with van der Waals surface area (Å²) >= 11 is 0. The smallest absolute Gasteiger partial charge is 0.416 e. The number of hydrogen-bond acceptors (Lipinski definition) is 3. The van der Waals surface area contributed by atoms with Crippen molar-refractivity contribution in [2.75, 3.05) is 5.32 Å². The van der Waals surface area contributed by atoms with Gasteiger partial charge in [0.15, 0.2) is 17.3 Å². The molecule has 1 N–H and O–H groups in total. The zero-order valence-corrected chi connectivity index (χ0v) is 10.9. The Morgan fingerprint density at radius 1 is 1.05 bits per heavy atom. The van der Waals surface area contributed by atoms with Gasteiger partial charge in [-0.1, -0.05) is 0 Å². The molecule has 0 aromatic heterocycles. The van der Waals surface area contributed by atoms with E-state index in [0.717, 1.165) is 12.1 Å². The molecule has 0 radical (unpaired) electrons. The van der Waals surface area contributed by atoms with Crippen molar-refractivity contribution in [2.45, 2.75) is 13.1 Å². The van der Waals surface area contributed by atoms with E-state index in [9.17, 15) is 18.0 Å². The van der Waals surface area contributed by atoms with Crippen molar-refractivity contribution >= 4 is 17.2 Å². The predicted octanol–water partition coefficient (Wildman–Crippen LogP) is 4.76. The van der Waals surface area contributed by atoms with Gasteiger partial charge in [-0.05, 0) is 43.3 Å². The number of carbonyl (C=O) groups is 1. The quantitative estimate of drug-likeness (QED) is 0.657.